The summed E-state index contributed by atoms with van der Waals surface area (Å²) in [7, 11) is 0. The molecule has 5 N–H and O–H groups in total. The molecule has 4 aromatic rings. The van der Waals surface area contributed by atoms with Crippen molar-refractivity contribution in [1.82, 2.24) is 10.2 Å². The number of nitrogens with one attached hydrogen (secondary N) is 4. The summed E-state index contributed by atoms with van der Waals surface area (Å²) in [5.41, 5.74) is 4.63. The molecule has 0 aliphatic carbocycles. The Labute approximate surface area is 275 Å². The van der Waals surface area contributed by atoms with E-state index in [2.05, 4.69) is 26.2 Å². The van der Waals surface area contributed by atoms with Crippen LogP contribution < -0.4 is 21.3 Å². The Morgan fingerprint density at radius 2 is 1.40 bits per heavy atom. The summed E-state index contributed by atoms with van der Waals surface area (Å²) in [6.07, 6.45) is 1.32. The third kappa shape index (κ3) is 10.4. The second-order valence-electron chi connectivity index (χ2n) is 11.5. The van der Waals surface area contributed by atoms with Gasteiger partial charge in [-0.1, -0.05) is 72.8 Å². The van der Waals surface area contributed by atoms with Gasteiger partial charge in [0.25, 0.3) is 0 Å². The van der Waals surface area contributed by atoms with Gasteiger partial charge in [-0.3, -0.25) is 14.9 Å². The van der Waals surface area contributed by atoms with Crippen LogP contribution in [-0.4, -0.2) is 60.2 Å². The van der Waals surface area contributed by atoms with Crippen LogP contribution >= 0.6 is 0 Å². The topological polar surface area (TPSA) is 132 Å². The largest absolute Gasteiger partial charge is 0.508 e. The molecule has 1 fully saturated rings. The quantitative estimate of drug-likeness (QED) is 0.110. The summed E-state index contributed by atoms with van der Waals surface area (Å²) in [6.45, 7) is 2.98. The molecule has 3 amide bonds. The van der Waals surface area contributed by atoms with Gasteiger partial charge in [0.15, 0.2) is 0 Å². The molecule has 1 aliphatic heterocycles. The highest BCUT2D eigenvalue weighted by atomic mass is 16.6. The first-order valence-corrected chi connectivity index (χ1v) is 15.9. The molecule has 10 heteroatoms. The van der Waals surface area contributed by atoms with E-state index in [4.69, 9.17) is 4.74 Å². The number of hydrogen-bond acceptors (Lipinski definition) is 7. The molecule has 0 aromatic heterocycles. The minimum Gasteiger partial charge on any atom is -0.508 e. The average molecular weight is 636 g/mol. The normalized spacial score (nSPS) is 13.4. The predicted octanol–water partition coefficient (Wildman–Crippen LogP) is 6.22. The molecule has 0 spiro atoms. The average Bonchev–Trinajstić information content (AvgIpc) is 3.08. The van der Waals surface area contributed by atoms with Gasteiger partial charge in [-0.2, -0.15) is 0 Å². The van der Waals surface area contributed by atoms with E-state index < -0.39 is 6.09 Å². The van der Waals surface area contributed by atoms with Crippen LogP contribution in [0.5, 0.6) is 5.75 Å². The molecule has 244 valence electrons. The zero-order chi connectivity index (χ0) is 32.8. The summed E-state index contributed by atoms with van der Waals surface area (Å²) in [5.74, 6) is -0.0435. The van der Waals surface area contributed by atoms with Crippen molar-refractivity contribution in [1.29, 1.82) is 0 Å². The van der Waals surface area contributed by atoms with E-state index in [1.165, 1.54) is 0 Å². The molecule has 1 heterocycles. The zero-order valence-electron chi connectivity index (χ0n) is 26.3. The highest BCUT2D eigenvalue weighted by molar-refractivity contribution is 5.94. The van der Waals surface area contributed by atoms with Gasteiger partial charge in [0.2, 0.25) is 11.8 Å². The number of ether oxygens (including phenoxy) is 1. The predicted molar refractivity (Wildman–Crippen MR) is 184 cm³/mol. The molecule has 0 saturated carbocycles. The van der Waals surface area contributed by atoms with Crippen molar-refractivity contribution in [3.63, 3.8) is 0 Å². The maximum atomic E-state index is 12.7. The number of nitrogens with zero attached hydrogens (tertiary/aromatic N) is 1. The fraction of sp³-hybridized carbons (Fsp3) is 0.270. The minimum absolute atomic E-state index is 0.114. The van der Waals surface area contributed by atoms with Crippen molar-refractivity contribution in [2.75, 3.05) is 42.1 Å². The van der Waals surface area contributed by atoms with Gasteiger partial charge >= 0.3 is 6.09 Å². The molecule has 1 aliphatic rings. The van der Waals surface area contributed by atoms with Crippen LogP contribution in [0.4, 0.5) is 21.9 Å². The Balaban J connectivity index is 0.979. The number of benzene rings is 4. The number of hydrogen-bond donors (Lipinski definition) is 5. The number of rotatable bonds is 13. The van der Waals surface area contributed by atoms with Crippen LogP contribution in [0, 0.1) is 0 Å². The summed E-state index contributed by atoms with van der Waals surface area (Å²) in [5, 5.41) is 21.7. The minimum atomic E-state index is -0.467. The molecule has 10 nitrogen and oxygen atoms in total. The van der Waals surface area contributed by atoms with Gasteiger partial charge in [-0.15, -0.1) is 0 Å². The van der Waals surface area contributed by atoms with Crippen LogP contribution in [0.25, 0.3) is 11.1 Å². The van der Waals surface area contributed by atoms with Gasteiger partial charge in [0, 0.05) is 68.1 Å². The van der Waals surface area contributed by atoms with Gasteiger partial charge in [-0.05, 0) is 48.7 Å². The van der Waals surface area contributed by atoms with E-state index in [0.29, 0.717) is 56.0 Å². The number of carbonyl (C=O) groups excluding carboxylic acids is 3. The van der Waals surface area contributed by atoms with Crippen molar-refractivity contribution in [2.45, 2.75) is 38.3 Å². The first kappa shape index (κ1) is 33.2. The summed E-state index contributed by atoms with van der Waals surface area (Å²) in [4.78, 5) is 40.0. The SMILES string of the molecule is O=C(CCNCc1ccccc1O)Nc1cccc(NC(=O)CCN2CCC(OC(=O)Nc3ccccc3-c3ccccc3)CC2)c1. The molecule has 0 bridgehead atoms. The van der Waals surface area contributed by atoms with Crippen LogP contribution in [0.2, 0.25) is 0 Å². The summed E-state index contributed by atoms with van der Waals surface area (Å²) in [6, 6.07) is 31.7. The lowest BCUT2D eigenvalue weighted by molar-refractivity contribution is -0.117. The van der Waals surface area contributed by atoms with E-state index in [1.54, 1.807) is 36.4 Å². The number of phenolic OH excluding ortho intramolecular Hbond substituents is 1. The number of phenols is 1. The fourth-order valence-corrected chi connectivity index (χ4v) is 5.47. The first-order chi connectivity index (χ1) is 22.9. The number of para-hydroxylation sites is 2. The lowest BCUT2D eigenvalue weighted by atomic mass is 10.0. The number of anilines is 3. The van der Waals surface area contributed by atoms with E-state index in [0.717, 1.165) is 29.8 Å². The number of aromatic hydroxyl groups is 1. The number of piperidine rings is 1. The maximum Gasteiger partial charge on any atom is 0.411 e. The van der Waals surface area contributed by atoms with Crippen LogP contribution in [0.15, 0.2) is 103 Å². The van der Waals surface area contributed by atoms with Crippen molar-refractivity contribution in [2.24, 2.45) is 0 Å². The lowest BCUT2D eigenvalue weighted by Gasteiger charge is -2.31. The van der Waals surface area contributed by atoms with Crippen LogP contribution in [-0.2, 0) is 20.9 Å². The van der Waals surface area contributed by atoms with Crippen LogP contribution in [0.3, 0.4) is 0 Å². The number of carbonyl (C=O) groups is 3. The van der Waals surface area contributed by atoms with Gasteiger partial charge in [0.05, 0.1) is 5.69 Å². The molecule has 1 saturated heterocycles. The first-order valence-electron chi connectivity index (χ1n) is 15.9. The van der Waals surface area contributed by atoms with Gasteiger partial charge < -0.3 is 30.7 Å². The van der Waals surface area contributed by atoms with Crippen molar-refractivity contribution in [3.05, 3.63) is 109 Å². The lowest BCUT2D eigenvalue weighted by Crippen LogP contribution is -2.39. The Bertz CT molecular complexity index is 1640. The Kier molecular flexibility index (Phi) is 12.0. The van der Waals surface area contributed by atoms with Crippen molar-refractivity contribution in [3.8, 4) is 16.9 Å². The zero-order valence-corrected chi connectivity index (χ0v) is 26.3. The van der Waals surface area contributed by atoms with E-state index in [9.17, 15) is 19.5 Å². The molecular weight excluding hydrogens is 594 g/mol. The molecule has 0 radical (unpaired) electrons. The third-order valence-corrected chi connectivity index (χ3v) is 7.98. The van der Waals surface area contributed by atoms with Crippen molar-refractivity contribution < 1.29 is 24.2 Å². The van der Waals surface area contributed by atoms with Gasteiger partial charge in [0.1, 0.15) is 11.9 Å². The van der Waals surface area contributed by atoms with Crippen molar-refractivity contribution >= 4 is 35.0 Å². The summed E-state index contributed by atoms with van der Waals surface area (Å²) < 4.78 is 5.73. The maximum absolute atomic E-state index is 12.7. The number of likely N-dealkylation sites (tertiary alicyclic amines) is 1. The second kappa shape index (κ2) is 16.9. The highest BCUT2D eigenvalue weighted by Crippen LogP contribution is 2.28. The Morgan fingerprint density at radius 1 is 0.745 bits per heavy atom. The Morgan fingerprint density at radius 3 is 2.15 bits per heavy atom. The molecule has 47 heavy (non-hydrogen) atoms. The Hall–Kier alpha value is -5.19. The van der Waals surface area contributed by atoms with Gasteiger partial charge in [-0.25, -0.2) is 4.79 Å². The smallest absolute Gasteiger partial charge is 0.411 e. The molecule has 4 aromatic carbocycles. The third-order valence-electron chi connectivity index (χ3n) is 7.98. The molecular formula is C37H41N5O5. The standard InChI is InChI=1S/C37H41N5O5/c43-34-16-7-4-11-28(34)26-38-21-17-35(44)39-29-12-8-13-30(25-29)40-36(45)20-24-42-22-18-31(19-23-42)47-37(46)41-33-15-6-5-14-32(33)27-9-2-1-3-10-27/h1-16,25,31,38,43H,17-24,26H2,(H,39,44)(H,40,45)(H,41,46). The molecule has 5 rings (SSSR count). The molecule has 0 atom stereocenters. The van der Waals surface area contributed by atoms with E-state index in [-0.39, 0.29) is 30.1 Å². The van der Waals surface area contributed by atoms with E-state index >= 15 is 0 Å². The fourth-order valence-electron chi connectivity index (χ4n) is 5.47. The molecule has 0 unspecified atom stereocenters. The highest BCUT2D eigenvalue weighted by Gasteiger charge is 2.23. The van der Waals surface area contributed by atoms with Crippen LogP contribution in [0.1, 0.15) is 31.2 Å². The monoisotopic (exact) mass is 635 g/mol. The van der Waals surface area contributed by atoms with E-state index in [1.807, 2.05) is 66.7 Å². The summed E-state index contributed by atoms with van der Waals surface area (Å²) >= 11 is 0. The number of amides is 3. The second-order valence-corrected chi connectivity index (χ2v) is 11.5.